The van der Waals surface area contributed by atoms with Gasteiger partial charge in [-0.05, 0) is 78.9 Å². The molecule has 0 aromatic heterocycles. The number of benzene rings is 4. The molecule has 4 aromatic rings. The van der Waals surface area contributed by atoms with E-state index < -0.39 is 0 Å². The molecule has 0 fully saturated rings. The fraction of sp³-hybridized carbons (Fsp3) is 0.188. The lowest BCUT2D eigenvalue weighted by molar-refractivity contribution is 0.0934. The predicted molar refractivity (Wildman–Crippen MR) is 162 cm³/mol. The number of hydrogen-bond donors (Lipinski definition) is 0. The van der Waals surface area contributed by atoms with Crippen molar-refractivity contribution >= 4 is 59.4 Å². The molecule has 0 bridgehead atoms. The van der Waals surface area contributed by atoms with E-state index in [9.17, 15) is 27.2 Å². The lowest BCUT2D eigenvalue weighted by Crippen LogP contribution is -2.13. The molecule has 41 heavy (non-hydrogen) atoms. The molecular formula is C32H23Br3F4O2. The molecule has 2 aliphatic rings. The van der Waals surface area contributed by atoms with Crippen LogP contribution in [-0.2, 0) is 24.6 Å². The molecule has 1 unspecified atom stereocenters. The number of fused-ring (bicyclic) bond motifs is 2. The highest BCUT2D eigenvalue weighted by atomic mass is 79.9. The Morgan fingerprint density at radius 2 is 1.32 bits per heavy atom. The summed E-state index contributed by atoms with van der Waals surface area (Å²) in [7, 11) is 0. The first-order valence-corrected chi connectivity index (χ1v) is 15.4. The first-order chi connectivity index (χ1) is 19.6. The van der Waals surface area contributed by atoms with E-state index in [1.165, 1.54) is 36.4 Å². The lowest BCUT2D eigenvalue weighted by atomic mass is 9.95. The van der Waals surface area contributed by atoms with Crippen molar-refractivity contribution in [2.24, 2.45) is 5.92 Å². The molecule has 212 valence electrons. The molecule has 9 heteroatoms. The first kappa shape index (κ1) is 31.3. The Balaban J connectivity index is 0.000000156. The van der Waals surface area contributed by atoms with Gasteiger partial charge in [-0.3, -0.25) is 9.59 Å². The van der Waals surface area contributed by atoms with Crippen LogP contribution in [0.4, 0.5) is 17.6 Å². The van der Waals surface area contributed by atoms with Crippen LogP contribution < -0.4 is 0 Å². The minimum atomic E-state index is -0.343. The van der Waals surface area contributed by atoms with Gasteiger partial charge in [0.15, 0.2) is 11.6 Å². The Kier molecular flexibility index (Phi) is 10.7. The van der Waals surface area contributed by atoms with E-state index in [4.69, 9.17) is 0 Å². The van der Waals surface area contributed by atoms with E-state index in [2.05, 4.69) is 47.8 Å². The highest BCUT2D eigenvalue weighted by molar-refractivity contribution is 9.11. The summed E-state index contributed by atoms with van der Waals surface area (Å²) in [5.41, 5.74) is 3.61. The number of alkyl halides is 1. The normalized spacial score (nSPS) is 15.0. The average Bonchev–Trinajstić information content (AvgIpc) is 3.47. The number of hydrogen-bond acceptors (Lipinski definition) is 2. The number of ketones is 2. The SMILES string of the molecule is Fc1cccc(Br)c1CBr.O=C1CCc2c(F)cccc21.O=C1c2ccc(F)cc2CC1Cc1c(F)cccc1Br. The molecule has 2 aliphatic carbocycles. The third-order valence-corrected chi connectivity index (χ3v) is 8.95. The summed E-state index contributed by atoms with van der Waals surface area (Å²) >= 11 is 9.74. The second-order valence-corrected chi connectivity index (χ2v) is 11.8. The highest BCUT2D eigenvalue weighted by Crippen LogP contribution is 2.32. The second-order valence-electron chi connectivity index (χ2n) is 9.49. The molecule has 0 heterocycles. The molecule has 0 saturated carbocycles. The molecule has 6 rings (SSSR count). The molecule has 0 radical (unpaired) electrons. The van der Waals surface area contributed by atoms with E-state index in [1.807, 2.05) is 6.07 Å². The summed E-state index contributed by atoms with van der Waals surface area (Å²) in [5.74, 6) is -1.37. The van der Waals surface area contributed by atoms with Crippen LogP contribution in [0.15, 0.2) is 81.7 Å². The number of rotatable bonds is 3. The van der Waals surface area contributed by atoms with Crippen LogP contribution >= 0.6 is 47.8 Å². The van der Waals surface area contributed by atoms with Gasteiger partial charge in [-0.15, -0.1) is 0 Å². The Morgan fingerprint density at radius 1 is 0.707 bits per heavy atom. The Morgan fingerprint density at radius 3 is 1.90 bits per heavy atom. The molecule has 0 N–H and O–H groups in total. The maximum Gasteiger partial charge on any atom is 0.166 e. The van der Waals surface area contributed by atoms with Crippen molar-refractivity contribution in [2.75, 3.05) is 0 Å². The van der Waals surface area contributed by atoms with Crippen molar-refractivity contribution in [1.82, 2.24) is 0 Å². The minimum absolute atomic E-state index is 0.0323. The Bertz CT molecular complexity index is 1570. The van der Waals surface area contributed by atoms with E-state index in [0.29, 0.717) is 68.9 Å². The second kappa shape index (κ2) is 14.0. The largest absolute Gasteiger partial charge is 0.294 e. The summed E-state index contributed by atoms with van der Waals surface area (Å²) in [6.45, 7) is 0. The van der Waals surface area contributed by atoms with Crippen molar-refractivity contribution < 1.29 is 27.2 Å². The Hall–Kier alpha value is -2.62. The quantitative estimate of drug-likeness (QED) is 0.154. The molecular weight excluding hydrogens is 732 g/mol. The smallest absolute Gasteiger partial charge is 0.166 e. The minimum Gasteiger partial charge on any atom is -0.294 e. The van der Waals surface area contributed by atoms with E-state index >= 15 is 0 Å². The molecule has 0 spiro atoms. The monoisotopic (exact) mass is 752 g/mol. The van der Waals surface area contributed by atoms with Crippen molar-refractivity contribution in [3.63, 3.8) is 0 Å². The van der Waals surface area contributed by atoms with Gasteiger partial charge < -0.3 is 0 Å². The maximum absolute atomic E-state index is 13.8. The van der Waals surface area contributed by atoms with Crippen molar-refractivity contribution in [1.29, 1.82) is 0 Å². The number of Topliss-reactive ketones (excluding diaryl/α,β-unsaturated/α-hetero) is 2. The van der Waals surface area contributed by atoms with Gasteiger partial charge in [-0.25, -0.2) is 17.6 Å². The standard InChI is InChI=1S/C16H11BrF2O.C9H7FO.C7H5Br2F/c17-14-2-1-3-15(19)13(14)8-10-6-9-7-11(18)4-5-12(9)16(10)20;10-8-3-1-2-7-6(8)4-5-9(7)11;8-4-5-6(9)2-1-3-7(5)10/h1-5,7,10H,6,8H2;1-3H,4-5H2;1-3H,4H2. The summed E-state index contributed by atoms with van der Waals surface area (Å²) in [5, 5.41) is 0.542. The van der Waals surface area contributed by atoms with Gasteiger partial charge in [0.05, 0.1) is 0 Å². The van der Waals surface area contributed by atoms with Crippen LogP contribution in [0.3, 0.4) is 0 Å². The van der Waals surface area contributed by atoms with E-state index in [0.717, 1.165) is 4.47 Å². The summed E-state index contributed by atoms with van der Waals surface area (Å²) in [6, 6.07) is 18.6. The van der Waals surface area contributed by atoms with Gasteiger partial charge in [0.1, 0.15) is 23.3 Å². The summed E-state index contributed by atoms with van der Waals surface area (Å²) in [6.07, 6.45) is 1.83. The third kappa shape index (κ3) is 7.43. The van der Waals surface area contributed by atoms with Crippen LogP contribution in [0.2, 0.25) is 0 Å². The summed E-state index contributed by atoms with van der Waals surface area (Å²) in [4.78, 5) is 23.3. The number of halogens is 7. The number of carbonyl (C=O) groups is 2. The van der Waals surface area contributed by atoms with E-state index in [-0.39, 0.29) is 40.8 Å². The number of carbonyl (C=O) groups excluding carboxylic acids is 2. The third-order valence-electron chi connectivity index (χ3n) is 6.90. The van der Waals surface area contributed by atoms with Gasteiger partial charge in [0.2, 0.25) is 0 Å². The molecule has 2 nitrogen and oxygen atoms in total. The van der Waals surface area contributed by atoms with Crippen LogP contribution in [0.25, 0.3) is 0 Å². The predicted octanol–water partition coefficient (Wildman–Crippen LogP) is 9.76. The van der Waals surface area contributed by atoms with Crippen molar-refractivity contribution in [2.45, 2.75) is 31.0 Å². The van der Waals surface area contributed by atoms with Crippen molar-refractivity contribution in [3.8, 4) is 0 Å². The van der Waals surface area contributed by atoms with Crippen LogP contribution in [0, 0.1) is 29.2 Å². The topological polar surface area (TPSA) is 34.1 Å². The average molecular weight is 755 g/mol. The van der Waals surface area contributed by atoms with Gasteiger partial charge in [-0.1, -0.05) is 72.1 Å². The first-order valence-electron chi connectivity index (χ1n) is 12.7. The highest BCUT2D eigenvalue weighted by Gasteiger charge is 2.31. The fourth-order valence-corrected chi connectivity index (χ4v) is 6.73. The Labute approximate surface area is 260 Å². The summed E-state index contributed by atoms with van der Waals surface area (Å²) < 4.78 is 54.2. The van der Waals surface area contributed by atoms with Crippen LogP contribution in [0.5, 0.6) is 0 Å². The maximum atomic E-state index is 13.8. The fourth-order valence-electron chi connectivity index (χ4n) is 4.80. The van der Waals surface area contributed by atoms with Crippen LogP contribution in [-0.4, -0.2) is 11.6 Å². The lowest BCUT2D eigenvalue weighted by Gasteiger charge is -2.10. The molecule has 1 atom stereocenters. The van der Waals surface area contributed by atoms with Gasteiger partial charge >= 0.3 is 0 Å². The molecule has 0 saturated heterocycles. The zero-order valence-electron chi connectivity index (χ0n) is 21.5. The van der Waals surface area contributed by atoms with E-state index in [1.54, 1.807) is 30.3 Å². The van der Waals surface area contributed by atoms with Crippen LogP contribution in [0.1, 0.15) is 49.4 Å². The zero-order valence-corrected chi connectivity index (χ0v) is 26.3. The van der Waals surface area contributed by atoms with Gasteiger partial charge in [0, 0.05) is 48.9 Å². The molecule has 0 aliphatic heterocycles. The van der Waals surface area contributed by atoms with Gasteiger partial charge in [-0.2, -0.15) is 0 Å². The van der Waals surface area contributed by atoms with Crippen molar-refractivity contribution in [3.05, 3.63) is 138 Å². The molecule has 4 aromatic carbocycles. The molecule has 0 amide bonds. The zero-order chi connectivity index (χ0) is 29.7. The van der Waals surface area contributed by atoms with Gasteiger partial charge in [0.25, 0.3) is 0 Å².